The van der Waals surface area contributed by atoms with Crippen LogP contribution in [0.4, 0.5) is 0 Å². The number of guanidine groups is 1. The standard InChI is InChI=1S/C18H23BrN4S.HI/c1-3-16-23-13(11-24-16)10-21-17(20-2)22-12-18(8-9-18)14-6-4-5-7-15(14)19;/h4-7,11H,3,8-10,12H2,1-2H3,(H2,20,21,22);1H. The summed E-state index contributed by atoms with van der Waals surface area (Å²) in [7, 11) is 1.81. The molecule has 2 N–H and O–H groups in total. The summed E-state index contributed by atoms with van der Waals surface area (Å²) in [6.45, 7) is 3.73. The Labute approximate surface area is 179 Å². The highest BCUT2D eigenvalue weighted by molar-refractivity contribution is 14.0. The summed E-state index contributed by atoms with van der Waals surface area (Å²) in [4.78, 5) is 8.92. The maximum atomic E-state index is 4.58. The molecular formula is C18H24BrIN4S. The zero-order valence-electron chi connectivity index (χ0n) is 14.5. The lowest BCUT2D eigenvalue weighted by Crippen LogP contribution is -2.41. The van der Waals surface area contributed by atoms with Crippen LogP contribution in [0.25, 0.3) is 0 Å². The van der Waals surface area contributed by atoms with Crippen molar-refractivity contribution in [3.05, 3.63) is 50.4 Å². The van der Waals surface area contributed by atoms with Crippen molar-refractivity contribution in [2.45, 2.75) is 38.1 Å². The van der Waals surface area contributed by atoms with E-state index >= 15 is 0 Å². The van der Waals surface area contributed by atoms with Gasteiger partial charge in [-0.15, -0.1) is 35.3 Å². The van der Waals surface area contributed by atoms with Crippen molar-refractivity contribution in [2.75, 3.05) is 13.6 Å². The van der Waals surface area contributed by atoms with E-state index in [2.05, 4.69) is 73.1 Å². The maximum absolute atomic E-state index is 4.58. The van der Waals surface area contributed by atoms with E-state index in [1.54, 1.807) is 11.3 Å². The number of nitrogens with one attached hydrogen (secondary N) is 2. The van der Waals surface area contributed by atoms with Crippen LogP contribution in [0, 0.1) is 0 Å². The minimum Gasteiger partial charge on any atom is -0.356 e. The highest BCUT2D eigenvalue weighted by Gasteiger charge is 2.45. The van der Waals surface area contributed by atoms with Gasteiger partial charge in [0.15, 0.2) is 5.96 Å². The first kappa shape index (κ1) is 20.6. The van der Waals surface area contributed by atoms with E-state index in [1.807, 2.05) is 7.05 Å². The van der Waals surface area contributed by atoms with Crippen molar-refractivity contribution >= 4 is 57.2 Å². The van der Waals surface area contributed by atoms with Gasteiger partial charge in [-0.3, -0.25) is 4.99 Å². The molecule has 1 aromatic heterocycles. The zero-order chi connectivity index (χ0) is 17.0. The highest BCUT2D eigenvalue weighted by atomic mass is 127. The van der Waals surface area contributed by atoms with E-state index in [-0.39, 0.29) is 29.4 Å². The van der Waals surface area contributed by atoms with Crippen molar-refractivity contribution in [3.8, 4) is 0 Å². The fourth-order valence-electron chi connectivity index (χ4n) is 2.82. The molecule has 0 bridgehead atoms. The Hall–Kier alpha value is -0.670. The molecule has 0 amide bonds. The van der Waals surface area contributed by atoms with Crippen LogP contribution < -0.4 is 10.6 Å². The summed E-state index contributed by atoms with van der Waals surface area (Å²) in [6, 6.07) is 8.52. The Kier molecular flexibility index (Phi) is 7.69. The minimum atomic E-state index is 0. The topological polar surface area (TPSA) is 49.3 Å². The van der Waals surface area contributed by atoms with E-state index < -0.39 is 0 Å². The van der Waals surface area contributed by atoms with Crippen molar-refractivity contribution in [2.24, 2.45) is 4.99 Å². The molecule has 25 heavy (non-hydrogen) atoms. The second-order valence-electron chi connectivity index (χ2n) is 6.13. The van der Waals surface area contributed by atoms with Gasteiger partial charge in [-0.1, -0.05) is 41.1 Å². The number of aromatic nitrogens is 1. The fourth-order valence-corrected chi connectivity index (χ4v) is 4.27. The van der Waals surface area contributed by atoms with E-state index in [4.69, 9.17) is 0 Å². The summed E-state index contributed by atoms with van der Waals surface area (Å²) in [6.07, 6.45) is 3.42. The molecule has 4 nitrogen and oxygen atoms in total. The van der Waals surface area contributed by atoms with Crippen molar-refractivity contribution in [3.63, 3.8) is 0 Å². The van der Waals surface area contributed by atoms with Gasteiger partial charge in [0, 0.05) is 28.9 Å². The predicted molar refractivity (Wildman–Crippen MR) is 120 cm³/mol. The molecule has 1 heterocycles. The molecule has 2 aromatic rings. The van der Waals surface area contributed by atoms with Crippen LogP contribution in [0.3, 0.4) is 0 Å². The van der Waals surface area contributed by atoms with Gasteiger partial charge in [0.25, 0.3) is 0 Å². The van der Waals surface area contributed by atoms with Crippen LogP contribution in [0.2, 0.25) is 0 Å². The van der Waals surface area contributed by atoms with Crippen molar-refractivity contribution in [1.82, 2.24) is 15.6 Å². The first-order valence-corrected chi connectivity index (χ1v) is 9.97. The van der Waals surface area contributed by atoms with E-state index in [9.17, 15) is 0 Å². The van der Waals surface area contributed by atoms with Crippen molar-refractivity contribution in [1.29, 1.82) is 0 Å². The SMILES string of the molecule is CCc1nc(CNC(=NC)NCC2(c3ccccc3Br)CC2)cs1.I. The van der Waals surface area contributed by atoms with Crippen LogP contribution in [0.5, 0.6) is 0 Å². The molecular weight excluding hydrogens is 511 g/mol. The van der Waals surface area contributed by atoms with Gasteiger partial charge in [-0.25, -0.2) is 4.98 Å². The van der Waals surface area contributed by atoms with Crippen LogP contribution in [0.1, 0.15) is 36.0 Å². The van der Waals surface area contributed by atoms with Gasteiger partial charge in [-0.05, 0) is 30.9 Å². The average Bonchev–Trinajstić information content (AvgIpc) is 3.24. The van der Waals surface area contributed by atoms with Gasteiger partial charge in [-0.2, -0.15) is 0 Å². The summed E-state index contributed by atoms with van der Waals surface area (Å²) < 4.78 is 1.20. The number of benzene rings is 1. The van der Waals surface area contributed by atoms with Gasteiger partial charge in [0.1, 0.15) is 0 Å². The molecule has 1 fully saturated rings. The summed E-state index contributed by atoms with van der Waals surface area (Å²) >= 11 is 5.40. The summed E-state index contributed by atoms with van der Waals surface area (Å²) in [5.41, 5.74) is 2.69. The minimum absolute atomic E-state index is 0. The number of hydrogen-bond donors (Lipinski definition) is 2. The number of rotatable bonds is 6. The third-order valence-corrected chi connectivity index (χ3v) is 6.19. The number of aryl methyl sites for hydroxylation is 1. The lowest BCUT2D eigenvalue weighted by Gasteiger charge is -2.20. The third-order valence-electron chi connectivity index (χ3n) is 4.46. The monoisotopic (exact) mass is 534 g/mol. The summed E-state index contributed by atoms with van der Waals surface area (Å²) in [5, 5.41) is 10.1. The van der Waals surface area contributed by atoms with E-state index in [1.165, 1.54) is 27.9 Å². The van der Waals surface area contributed by atoms with Gasteiger partial charge in [0.2, 0.25) is 0 Å². The van der Waals surface area contributed by atoms with E-state index in [0.29, 0.717) is 6.54 Å². The molecule has 1 saturated carbocycles. The number of hydrogen-bond acceptors (Lipinski definition) is 3. The first-order valence-electron chi connectivity index (χ1n) is 8.29. The van der Waals surface area contributed by atoms with Gasteiger partial charge in [0.05, 0.1) is 17.2 Å². The highest BCUT2D eigenvalue weighted by Crippen LogP contribution is 2.49. The molecule has 1 aliphatic rings. The molecule has 7 heteroatoms. The lowest BCUT2D eigenvalue weighted by molar-refractivity contribution is 0.642. The molecule has 0 unspecified atom stereocenters. The molecule has 1 aliphatic carbocycles. The molecule has 0 atom stereocenters. The molecule has 1 aromatic carbocycles. The second kappa shape index (κ2) is 9.32. The third kappa shape index (κ3) is 5.17. The zero-order valence-corrected chi connectivity index (χ0v) is 19.2. The molecule has 0 spiro atoms. The van der Waals surface area contributed by atoms with Gasteiger partial charge < -0.3 is 10.6 Å². The average molecular weight is 535 g/mol. The molecule has 0 radical (unpaired) electrons. The Bertz CT molecular complexity index is 727. The van der Waals surface area contributed by atoms with E-state index in [0.717, 1.165) is 24.6 Å². The Morgan fingerprint density at radius 1 is 1.32 bits per heavy atom. The quantitative estimate of drug-likeness (QED) is 0.326. The smallest absolute Gasteiger partial charge is 0.191 e. The maximum Gasteiger partial charge on any atom is 0.191 e. The fraction of sp³-hybridized carbons (Fsp3) is 0.444. The lowest BCUT2D eigenvalue weighted by atomic mass is 9.96. The van der Waals surface area contributed by atoms with Gasteiger partial charge >= 0.3 is 0 Å². The van der Waals surface area contributed by atoms with Crippen LogP contribution in [0.15, 0.2) is 39.1 Å². The Morgan fingerprint density at radius 2 is 2.08 bits per heavy atom. The largest absolute Gasteiger partial charge is 0.356 e. The summed E-state index contributed by atoms with van der Waals surface area (Å²) in [5.74, 6) is 0.833. The Balaban J connectivity index is 0.00000225. The first-order chi connectivity index (χ1) is 11.7. The van der Waals surface area contributed by atoms with Crippen molar-refractivity contribution < 1.29 is 0 Å². The Morgan fingerprint density at radius 3 is 2.68 bits per heavy atom. The van der Waals surface area contributed by atoms with Crippen LogP contribution in [-0.4, -0.2) is 24.5 Å². The normalized spacial score (nSPS) is 15.4. The molecule has 136 valence electrons. The number of aliphatic imine (C=N–C) groups is 1. The van der Waals surface area contributed by atoms with Crippen LogP contribution >= 0.6 is 51.2 Å². The number of nitrogens with zero attached hydrogens (tertiary/aromatic N) is 2. The molecule has 0 saturated heterocycles. The second-order valence-corrected chi connectivity index (χ2v) is 7.92. The number of halogens is 2. The predicted octanol–water partition coefficient (Wildman–Crippen LogP) is 4.48. The van der Waals surface area contributed by atoms with Crippen LogP contribution in [-0.2, 0) is 18.4 Å². The number of thiazole rings is 1. The molecule has 3 rings (SSSR count). The molecule has 0 aliphatic heterocycles.